The molecule has 1 N–H and O–H groups in total. The molecular weight excluding hydrogens is 316 g/mol. The summed E-state index contributed by atoms with van der Waals surface area (Å²) in [5, 5.41) is 1.10. The van der Waals surface area contributed by atoms with Gasteiger partial charge in [-0.15, -0.1) is 11.3 Å². The molecule has 0 fully saturated rings. The number of H-pyrrole nitrogens is 1. The van der Waals surface area contributed by atoms with Gasteiger partial charge in [-0.3, -0.25) is 4.79 Å². The standard InChI is InChI=1S/C17H17ClN2OS/c1-10-6-11(2)13-8-15(19-14(13)7-10)17(21)20(3)9-12-4-5-16(18)22-12/h4-8,19H,9H2,1-3H3. The lowest BCUT2D eigenvalue weighted by atomic mass is 10.1. The van der Waals surface area contributed by atoms with Crippen LogP contribution >= 0.6 is 22.9 Å². The largest absolute Gasteiger partial charge is 0.351 e. The predicted molar refractivity (Wildman–Crippen MR) is 92.9 cm³/mol. The summed E-state index contributed by atoms with van der Waals surface area (Å²) in [6, 6.07) is 9.94. The highest BCUT2D eigenvalue weighted by Gasteiger charge is 2.16. The minimum absolute atomic E-state index is 0.0159. The molecule has 0 aliphatic heterocycles. The van der Waals surface area contributed by atoms with Gasteiger partial charge in [0, 0.05) is 22.8 Å². The highest BCUT2D eigenvalue weighted by Crippen LogP contribution is 2.24. The number of halogens is 1. The van der Waals surface area contributed by atoms with Crippen molar-refractivity contribution in [3.8, 4) is 0 Å². The molecule has 1 aromatic carbocycles. The molecule has 2 heterocycles. The Hall–Kier alpha value is -1.78. The first-order valence-corrected chi connectivity index (χ1v) is 8.23. The molecule has 0 unspecified atom stereocenters. The lowest BCUT2D eigenvalue weighted by Gasteiger charge is -2.15. The number of rotatable bonds is 3. The number of fused-ring (bicyclic) bond motifs is 1. The summed E-state index contributed by atoms with van der Waals surface area (Å²) < 4.78 is 0.743. The number of hydrogen-bond donors (Lipinski definition) is 1. The van der Waals surface area contributed by atoms with Crippen molar-refractivity contribution in [1.29, 1.82) is 0 Å². The normalized spacial score (nSPS) is 11.1. The predicted octanol–water partition coefficient (Wildman–Crippen LogP) is 4.77. The monoisotopic (exact) mass is 332 g/mol. The van der Waals surface area contributed by atoms with Gasteiger partial charge in [-0.1, -0.05) is 17.7 Å². The Bertz CT molecular complexity index is 850. The zero-order valence-electron chi connectivity index (χ0n) is 12.7. The molecule has 0 aliphatic carbocycles. The molecule has 1 amide bonds. The maximum absolute atomic E-state index is 12.6. The zero-order chi connectivity index (χ0) is 15.9. The van der Waals surface area contributed by atoms with Crippen molar-refractivity contribution in [2.75, 3.05) is 7.05 Å². The fourth-order valence-electron chi connectivity index (χ4n) is 2.66. The number of nitrogens with one attached hydrogen (secondary N) is 1. The Morgan fingerprint density at radius 3 is 2.73 bits per heavy atom. The van der Waals surface area contributed by atoms with Crippen LogP contribution in [0.2, 0.25) is 4.34 Å². The van der Waals surface area contributed by atoms with Crippen molar-refractivity contribution in [3.63, 3.8) is 0 Å². The second-order valence-electron chi connectivity index (χ2n) is 5.59. The van der Waals surface area contributed by atoms with Crippen LogP contribution in [0, 0.1) is 13.8 Å². The third-order valence-corrected chi connectivity index (χ3v) is 4.90. The van der Waals surface area contributed by atoms with Crippen molar-refractivity contribution in [1.82, 2.24) is 9.88 Å². The van der Waals surface area contributed by atoms with Gasteiger partial charge in [0.1, 0.15) is 5.69 Å². The average molecular weight is 333 g/mol. The topological polar surface area (TPSA) is 36.1 Å². The molecule has 0 radical (unpaired) electrons. The minimum atomic E-state index is -0.0159. The summed E-state index contributed by atoms with van der Waals surface area (Å²) >= 11 is 7.43. The van der Waals surface area contributed by atoms with E-state index in [1.54, 1.807) is 11.9 Å². The van der Waals surface area contributed by atoms with Crippen LogP contribution in [-0.2, 0) is 6.54 Å². The number of nitrogens with zero attached hydrogens (tertiary/aromatic N) is 1. The number of hydrogen-bond acceptors (Lipinski definition) is 2. The molecule has 0 saturated carbocycles. The van der Waals surface area contributed by atoms with Crippen LogP contribution in [0.5, 0.6) is 0 Å². The van der Waals surface area contributed by atoms with Crippen LogP contribution in [0.4, 0.5) is 0 Å². The molecule has 0 atom stereocenters. The quantitative estimate of drug-likeness (QED) is 0.736. The van der Waals surface area contributed by atoms with Crippen molar-refractivity contribution < 1.29 is 4.79 Å². The Labute approximate surface area is 138 Å². The molecule has 3 rings (SSSR count). The summed E-state index contributed by atoms with van der Waals surface area (Å²) in [6.45, 7) is 4.68. The molecule has 0 aliphatic rings. The number of amides is 1. The van der Waals surface area contributed by atoms with E-state index in [2.05, 4.69) is 31.0 Å². The first-order valence-electron chi connectivity index (χ1n) is 7.03. The molecule has 0 bridgehead atoms. The van der Waals surface area contributed by atoms with E-state index < -0.39 is 0 Å². The molecule has 5 heteroatoms. The van der Waals surface area contributed by atoms with Gasteiger partial charge in [0.25, 0.3) is 5.91 Å². The van der Waals surface area contributed by atoms with E-state index >= 15 is 0 Å². The summed E-state index contributed by atoms with van der Waals surface area (Å²) in [6.07, 6.45) is 0. The lowest BCUT2D eigenvalue weighted by molar-refractivity contribution is 0.0781. The van der Waals surface area contributed by atoms with Crippen LogP contribution in [0.1, 0.15) is 26.5 Å². The van der Waals surface area contributed by atoms with Gasteiger partial charge in [0.15, 0.2) is 0 Å². The third-order valence-electron chi connectivity index (χ3n) is 3.69. The molecule has 0 spiro atoms. The minimum Gasteiger partial charge on any atom is -0.351 e. The number of thiophene rings is 1. The third kappa shape index (κ3) is 2.89. The summed E-state index contributed by atoms with van der Waals surface area (Å²) in [5.74, 6) is -0.0159. The summed E-state index contributed by atoms with van der Waals surface area (Å²) in [5.41, 5.74) is 3.99. The van der Waals surface area contributed by atoms with Crippen molar-refractivity contribution in [2.45, 2.75) is 20.4 Å². The number of aromatic amines is 1. The number of carbonyl (C=O) groups is 1. The molecule has 114 valence electrons. The van der Waals surface area contributed by atoms with Gasteiger partial charge in [-0.2, -0.15) is 0 Å². The van der Waals surface area contributed by atoms with Crippen LogP contribution in [-0.4, -0.2) is 22.8 Å². The molecule has 0 saturated heterocycles. The number of aromatic nitrogens is 1. The second-order valence-corrected chi connectivity index (χ2v) is 7.39. The van der Waals surface area contributed by atoms with E-state index in [4.69, 9.17) is 11.6 Å². The van der Waals surface area contributed by atoms with E-state index in [1.807, 2.05) is 18.2 Å². The molecule has 2 aromatic heterocycles. The Morgan fingerprint density at radius 2 is 2.05 bits per heavy atom. The molecule has 22 heavy (non-hydrogen) atoms. The first-order chi connectivity index (χ1) is 10.4. The fourth-order valence-corrected chi connectivity index (χ4v) is 3.80. The van der Waals surface area contributed by atoms with Crippen molar-refractivity contribution >= 4 is 39.7 Å². The molecular formula is C17H17ClN2OS. The number of benzene rings is 1. The van der Waals surface area contributed by atoms with Gasteiger partial charge in [0.05, 0.1) is 10.9 Å². The highest BCUT2D eigenvalue weighted by atomic mass is 35.5. The number of carbonyl (C=O) groups excluding carboxylic acids is 1. The number of aryl methyl sites for hydroxylation is 2. The van der Waals surface area contributed by atoms with Gasteiger partial charge in [0.2, 0.25) is 0 Å². The molecule has 3 nitrogen and oxygen atoms in total. The lowest BCUT2D eigenvalue weighted by Crippen LogP contribution is -2.26. The fraction of sp³-hybridized carbons (Fsp3) is 0.235. The van der Waals surface area contributed by atoms with Crippen LogP contribution in [0.3, 0.4) is 0 Å². The van der Waals surface area contributed by atoms with E-state index in [9.17, 15) is 4.79 Å². The van der Waals surface area contributed by atoms with Crippen molar-refractivity contribution in [3.05, 3.63) is 56.4 Å². The summed E-state index contributed by atoms with van der Waals surface area (Å²) in [7, 11) is 1.81. The average Bonchev–Trinajstić information content (AvgIpc) is 3.04. The van der Waals surface area contributed by atoms with Gasteiger partial charge in [-0.05, 0) is 49.2 Å². The zero-order valence-corrected chi connectivity index (χ0v) is 14.3. The van der Waals surface area contributed by atoms with Gasteiger partial charge < -0.3 is 9.88 Å². The Kier molecular flexibility index (Phi) is 3.98. The summed E-state index contributed by atoms with van der Waals surface area (Å²) in [4.78, 5) is 18.6. The van der Waals surface area contributed by atoms with Gasteiger partial charge in [-0.25, -0.2) is 0 Å². The maximum Gasteiger partial charge on any atom is 0.270 e. The molecule has 3 aromatic rings. The smallest absolute Gasteiger partial charge is 0.270 e. The van der Waals surface area contributed by atoms with Crippen molar-refractivity contribution in [2.24, 2.45) is 0 Å². The second kappa shape index (κ2) is 5.78. The Morgan fingerprint density at radius 1 is 1.27 bits per heavy atom. The van der Waals surface area contributed by atoms with E-state index in [0.717, 1.165) is 20.1 Å². The van der Waals surface area contributed by atoms with E-state index in [0.29, 0.717) is 12.2 Å². The van der Waals surface area contributed by atoms with E-state index in [1.165, 1.54) is 22.5 Å². The van der Waals surface area contributed by atoms with Gasteiger partial charge >= 0.3 is 0 Å². The first kappa shape index (κ1) is 15.1. The van der Waals surface area contributed by atoms with Crippen LogP contribution < -0.4 is 0 Å². The SMILES string of the molecule is Cc1cc(C)c2cc(C(=O)N(C)Cc3ccc(Cl)s3)[nH]c2c1. The Balaban J connectivity index is 1.86. The van der Waals surface area contributed by atoms with Crippen LogP contribution in [0.25, 0.3) is 10.9 Å². The van der Waals surface area contributed by atoms with Crippen LogP contribution in [0.15, 0.2) is 30.3 Å². The highest BCUT2D eigenvalue weighted by molar-refractivity contribution is 7.16. The maximum atomic E-state index is 12.6. The van der Waals surface area contributed by atoms with E-state index in [-0.39, 0.29) is 5.91 Å².